The molecule has 0 aromatic heterocycles. The van der Waals surface area contributed by atoms with Gasteiger partial charge in [0.1, 0.15) is 46.0 Å². The number of hydrogen-bond donors (Lipinski definition) is 5. The molecule has 5 saturated heterocycles. The van der Waals surface area contributed by atoms with Crippen LogP contribution in [0.1, 0.15) is 357 Å². The standard InChI is InChI=1S/C33H48N2O4.C32H46N2O4.C27H39NO3.C26H40N2O3/c1-5-6-9-14-26-22-29(38-32(36)34-17-10-7-11-18-34)31(28-21-25(4)15-16-27(28)24(2)3)30(23-26)39-33(37)35-19-12-8-13-20-35;1-5-6-7-8-23-16-28(37-30(35)18-24-11-13-33-19-24)31(27-15-22(4)9-10-26(27)21(2)3)29(17-23)38-32(36)25-12-14-34-20-25;1-5-6-8-11-21-17-24(29)26(23-16-20(4)12-13-22(23)19(2)3)25(18-21)31-27(30)28-14-9-7-10-15-28;1-7-8-9-10-20-16-23(29)25(22-15-19(4)11-12-21(22)18(2)3)24(17-20)31-26(30)27-13-14-28(5)6/h21-23,27-28H,2,5-20H2,1,3-4H3;15-17,24-27,33-34H,2,5-14,18-20H2,1,3-4H3;16-18,22-23,29H,2,5-15H2,1,3-4H3;15-17,21-22,29H,2,7-14H2,1,3-6H3,(H,27,30)/t27?,28-;24?,25?,26?,27-;22?,23-;21?,22-/m0000/s1. The van der Waals surface area contributed by atoms with Crippen molar-refractivity contribution in [2.45, 2.75) is 338 Å². The van der Waals surface area contributed by atoms with Crippen LogP contribution in [0.25, 0.3) is 0 Å². The second-order valence-electron chi connectivity index (χ2n) is 42.0. The number of benzene rings is 4. The molecule has 10 atom stereocenters. The van der Waals surface area contributed by atoms with E-state index in [4.69, 9.17) is 28.4 Å². The third kappa shape index (κ3) is 33.7. The molecule has 764 valence electrons. The summed E-state index contributed by atoms with van der Waals surface area (Å²) < 4.78 is 36.7. The number of carbonyl (C=O) groups is 6. The fourth-order valence-corrected chi connectivity index (χ4v) is 21.6. The first kappa shape index (κ1) is 111. The number of nitrogens with zero attached hydrogens (tertiary/aromatic N) is 4. The van der Waals surface area contributed by atoms with E-state index in [9.17, 15) is 39.0 Å². The number of amides is 4. The lowest BCUT2D eigenvalue weighted by Gasteiger charge is -2.34. The lowest BCUT2D eigenvalue weighted by atomic mass is 9.73. The van der Waals surface area contributed by atoms with Crippen LogP contribution in [0.15, 0.2) is 144 Å². The zero-order valence-electron chi connectivity index (χ0n) is 87.6. The maximum absolute atomic E-state index is 13.4. The smallest absolute Gasteiger partial charge is 0.415 e. The van der Waals surface area contributed by atoms with E-state index in [-0.39, 0.29) is 95.0 Å². The third-order valence-corrected chi connectivity index (χ3v) is 29.7. The van der Waals surface area contributed by atoms with Gasteiger partial charge in [-0.2, -0.15) is 0 Å². The molecule has 0 saturated carbocycles. The van der Waals surface area contributed by atoms with Crippen molar-refractivity contribution in [2.75, 3.05) is 92.6 Å². The van der Waals surface area contributed by atoms with Crippen LogP contribution in [0, 0.1) is 35.5 Å². The molecule has 4 aliphatic carbocycles. The summed E-state index contributed by atoms with van der Waals surface area (Å²) in [4.78, 5) is 86.1. The lowest BCUT2D eigenvalue weighted by molar-refractivity contribution is -0.138. The molecule has 21 nitrogen and oxygen atoms in total. The summed E-state index contributed by atoms with van der Waals surface area (Å²) >= 11 is 0. The average Bonchev–Trinajstić information content (AvgIpc) is 1.35. The van der Waals surface area contributed by atoms with Crippen molar-refractivity contribution in [2.24, 2.45) is 35.5 Å². The van der Waals surface area contributed by atoms with Crippen molar-refractivity contribution in [1.29, 1.82) is 0 Å². The van der Waals surface area contributed by atoms with E-state index >= 15 is 0 Å². The van der Waals surface area contributed by atoms with E-state index in [0.29, 0.717) is 65.5 Å². The Kier molecular flexibility index (Phi) is 45.5. The van der Waals surface area contributed by atoms with E-state index in [2.05, 4.69) is 143 Å². The fraction of sp³-hybridized carbons (Fsp3) is 0.610. The molecule has 0 spiro atoms. The highest BCUT2D eigenvalue weighted by Gasteiger charge is 2.40. The number of ether oxygens (including phenoxy) is 6. The summed E-state index contributed by atoms with van der Waals surface area (Å²) in [5.74, 6) is 3.86. The number of allylic oxidation sites excluding steroid dienone is 12. The van der Waals surface area contributed by atoms with E-state index in [1.807, 2.05) is 84.2 Å². The van der Waals surface area contributed by atoms with Crippen LogP contribution in [0.4, 0.5) is 19.2 Å². The molecule has 13 rings (SSSR count). The number of esters is 2. The molecule has 0 radical (unpaired) electrons. The minimum absolute atomic E-state index is 0.0277. The SMILES string of the molecule is C=C(C)C1CCC(C)=C[C@@H]1c1c(O)cc(CCCCC)cc1OC(=O)N1CCCCC1.C=C(C)C1CCC(C)=C[C@@H]1c1c(O)cc(CCCCC)cc1OC(=O)NCCN(C)C.C=C(C)C1CCC(C)=C[C@@H]1c1c(OC(=O)CC2CCNC2)cc(CCCCC)cc1OC(=O)C1CCNC1.C=C(C)C1CCC(C)=C[C@@H]1c1c(OC(=O)N2CCCCC2)cc(CCCCC)cc1OC(=O)N1CCCCC1. The van der Waals surface area contributed by atoms with Gasteiger partial charge in [-0.25, -0.2) is 19.2 Å². The second kappa shape index (κ2) is 56.8. The maximum atomic E-state index is 13.4. The Bertz CT molecular complexity index is 4850. The Morgan fingerprint density at radius 3 is 1.02 bits per heavy atom. The van der Waals surface area contributed by atoms with Crippen LogP contribution < -0.4 is 44.4 Å². The van der Waals surface area contributed by atoms with Crippen molar-refractivity contribution < 1.29 is 67.4 Å². The molecule has 5 heterocycles. The highest BCUT2D eigenvalue weighted by molar-refractivity contribution is 5.79. The number of unbranched alkanes of at least 4 members (excludes halogenated alkanes) is 8. The average molecular weight is 1910 g/mol. The minimum atomic E-state index is -0.489. The Hall–Kier alpha value is -9.70. The van der Waals surface area contributed by atoms with Crippen molar-refractivity contribution >= 4 is 36.3 Å². The van der Waals surface area contributed by atoms with Crippen LogP contribution in [0.2, 0.25) is 0 Å². The molecule has 9 aliphatic rings. The molecular formula is C118H173N7O14. The van der Waals surface area contributed by atoms with Crippen LogP contribution in [0.5, 0.6) is 46.0 Å². The first-order valence-corrected chi connectivity index (χ1v) is 53.6. The number of likely N-dealkylation sites (tertiary alicyclic amines) is 3. The minimum Gasteiger partial charge on any atom is -0.507 e. The summed E-state index contributed by atoms with van der Waals surface area (Å²) in [5.41, 5.74) is 16.7. The topological polar surface area (TPSA) is 247 Å². The third-order valence-electron chi connectivity index (χ3n) is 29.7. The zero-order chi connectivity index (χ0) is 100. The van der Waals surface area contributed by atoms with Gasteiger partial charge in [0.25, 0.3) is 0 Å². The van der Waals surface area contributed by atoms with Crippen molar-refractivity contribution in [3.63, 3.8) is 0 Å². The molecule has 139 heavy (non-hydrogen) atoms. The van der Waals surface area contributed by atoms with Gasteiger partial charge in [-0.1, -0.05) is 174 Å². The first-order chi connectivity index (χ1) is 66.8. The summed E-state index contributed by atoms with van der Waals surface area (Å²) in [5, 5.41) is 31.6. The number of phenols is 2. The van der Waals surface area contributed by atoms with E-state index in [0.717, 1.165) is 351 Å². The largest absolute Gasteiger partial charge is 0.507 e. The fourth-order valence-electron chi connectivity index (χ4n) is 21.6. The molecular weight excluding hydrogens is 1740 g/mol. The Labute approximate surface area is 834 Å². The summed E-state index contributed by atoms with van der Waals surface area (Å²) in [7, 11) is 3.91. The van der Waals surface area contributed by atoms with Gasteiger partial charge in [0.05, 0.1) is 12.3 Å². The molecule has 5 aliphatic heterocycles. The van der Waals surface area contributed by atoms with Crippen molar-refractivity contribution in [3.8, 4) is 46.0 Å². The zero-order valence-corrected chi connectivity index (χ0v) is 87.6. The van der Waals surface area contributed by atoms with Gasteiger partial charge in [0.2, 0.25) is 0 Å². The van der Waals surface area contributed by atoms with Gasteiger partial charge in [-0.3, -0.25) is 9.59 Å². The first-order valence-electron chi connectivity index (χ1n) is 53.6. The van der Waals surface area contributed by atoms with Crippen LogP contribution >= 0.6 is 0 Å². The van der Waals surface area contributed by atoms with E-state index in [1.165, 1.54) is 22.3 Å². The predicted octanol–water partition coefficient (Wildman–Crippen LogP) is 27.2. The number of hydrogen-bond acceptors (Lipinski definition) is 17. The lowest BCUT2D eigenvalue weighted by Crippen LogP contribution is -2.38. The van der Waals surface area contributed by atoms with Gasteiger partial charge in [-0.05, 0) is 363 Å². The molecule has 5 fully saturated rings. The molecule has 21 heteroatoms. The predicted molar refractivity (Wildman–Crippen MR) is 563 cm³/mol. The number of aryl methyl sites for hydroxylation is 4. The summed E-state index contributed by atoms with van der Waals surface area (Å²) in [6, 6.07) is 15.7. The molecule has 4 amide bonds. The molecule has 5 N–H and O–H groups in total. The maximum Gasteiger partial charge on any atom is 0.415 e. The molecule has 6 unspecified atom stereocenters. The Morgan fingerprint density at radius 1 is 0.396 bits per heavy atom. The number of aromatic hydroxyl groups is 2. The van der Waals surface area contributed by atoms with Crippen molar-refractivity contribution in [1.82, 2.24) is 35.6 Å². The number of likely N-dealkylation sites (N-methyl/N-ethyl adjacent to an activating group) is 1. The normalized spacial score (nSPS) is 21.9. The van der Waals surface area contributed by atoms with Crippen LogP contribution in [0.3, 0.4) is 0 Å². The van der Waals surface area contributed by atoms with Crippen molar-refractivity contribution in [3.05, 3.63) is 188 Å². The van der Waals surface area contributed by atoms with E-state index in [1.54, 1.807) is 4.90 Å². The second-order valence-corrected chi connectivity index (χ2v) is 42.0. The van der Waals surface area contributed by atoms with Gasteiger partial charge >= 0.3 is 36.3 Å². The highest BCUT2D eigenvalue weighted by atomic mass is 16.6. The Balaban J connectivity index is 0.000000192. The number of nitrogens with one attached hydrogen (secondary N) is 3. The highest BCUT2D eigenvalue weighted by Crippen LogP contribution is 2.53. The van der Waals surface area contributed by atoms with Gasteiger partial charge in [0.15, 0.2) is 0 Å². The molecule has 0 bridgehead atoms. The van der Waals surface area contributed by atoms with Gasteiger partial charge in [0, 0.05) is 105 Å². The quantitative estimate of drug-likeness (QED) is 0.0123. The summed E-state index contributed by atoms with van der Waals surface area (Å²) in [6.45, 7) is 51.4. The van der Waals surface area contributed by atoms with Crippen LogP contribution in [-0.4, -0.2) is 159 Å². The molecule has 4 aromatic rings. The number of phenolic OH excluding ortho intramolecular Hbond substituents is 2. The van der Waals surface area contributed by atoms with Gasteiger partial charge < -0.3 is 74.2 Å². The number of carbonyl (C=O) groups excluding carboxylic acids is 6. The van der Waals surface area contributed by atoms with Crippen LogP contribution in [-0.2, 0) is 35.3 Å². The number of rotatable bonds is 36. The monoisotopic (exact) mass is 1910 g/mol. The number of piperidine rings is 3. The van der Waals surface area contributed by atoms with E-state index < -0.39 is 6.09 Å². The molecule has 4 aromatic carbocycles. The van der Waals surface area contributed by atoms with Gasteiger partial charge in [-0.15, -0.1) is 0 Å². The summed E-state index contributed by atoms with van der Waals surface area (Å²) in [6.07, 6.45) is 43.8. The Morgan fingerprint density at radius 2 is 0.705 bits per heavy atom.